The predicted molar refractivity (Wildman–Crippen MR) is 102 cm³/mol. The monoisotopic (exact) mass is 396 g/mol. The Kier molecular flexibility index (Phi) is 6.15. The summed E-state index contributed by atoms with van der Waals surface area (Å²) in [6.07, 6.45) is 0. The van der Waals surface area contributed by atoms with Crippen molar-refractivity contribution in [1.29, 1.82) is 0 Å². The summed E-state index contributed by atoms with van der Waals surface area (Å²) in [6.45, 7) is 5.47. The molecule has 140 valence electrons. The highest BCUT2D eigenvalue weighted by Crippen LogP contribution is 2.20. The van der Waals surface area contributed by atoms with Crippen LogP contribution in [0.4, 0.5) is 5.69 Å². The highest BCUT2D eigenvalue weighted by Gasteiger charge is 2.16. The van der Waals surface area contributed by atoms with E-state index in [2.05, 4.69) is 10.0 Å². The van der Waals surface area contributed by atoms with Gasteiger partial charge in [0.05, 0.1) is 4.90 Å². The van der Waals surface area contributed by atoms with Crippen molar-refractivity contribution in [2.75, 3.05) is 11.3 Å². The van der Waals surface area contributed by atoms with Crippen molar-refractivity contribution in [2.24, 2.45) is 0 Å². The molecule has 0 saturated carbocycles. The number of carbonyl (C=O) groups excluding carboxylic acids is 1. The zero-order chi connectivity index (χ0) is 19.4. The van der Waals surface area contributed by atoms with Gasteiger partial charge in [0.2, 0.25) is 0 Å². The highest BCUT2D eigenvalue weighted by molar-refractivity contribution is 7.92. The molecular weight excluding hydrogens is 376 g/mol. The molecule has 0 aromatic heterocycles. The lowest BCUT2D eigenvalue weighted by molar-refractivity contribution is -0.124. The number of hydrogen-bond donors (Lipinski definition) is 2. The van der Waals surface area contributed by atoms with E-state index in [0.717, 1.165) is 0 Å². The second-order valence-electron chi connectivity index (χ2n) is 6.67. The molecule has 0 radical (unpaired) electrons. The van der Waals surface area contributed by atoms with E-state index < -0.39 is 10.0 Å². The maximum atomic E-state index is 12.4. The molecule has 2 aromatic carbocycles. The Hall–Kier alpha value is -2.25. The summed E-state index contributed by atoms with van der Waals surface area (Å²) in [5.41, 5.74) is 0.0692. The van der Waals surface area contributed by atoms with Crippen LogP contribution in [0.2, 0.25) is 5.02 Å². The second-order valence-corrected chi connectivity index (χ2v) is 8.79. The Morgan fingerprint density at radius 3 is 2.15 bits per heavy atom. The van der Waals surface area contributed by atoms with Gasteiger partial charge in [-0.05, 0) is 69.3 Å². The first-order chi connectivity index (χ1) is 12.0. The van der Waals surface area contributed by atoms with Crippen LogP contribution in [0.5, 0.6) is 5.75 Å². The lowest BCUT2D eigenvalue weighted by Crippen LogP contribution is -2.43. The number of sulfonamides is 1. The number of rotatable bonds is 6. The van der Waals surface area contributed by atoms with Crippen LogP contribution in [0.25, 0.3) is 0 Å². The first kappa shape index (κ1) is 20.1. The lowest BCUT2D eigenvalue weighted by atomic mass is 10.1. The third kappa shape index (κ3) is 6.24. The van der Waals surface area contributed by atoms with Gasteiger partial charge in [0.25, 0.3) is 15.9 Å². The van der Waals surface area contributed by atoms with Crippen LogP contribution in [0, 0.1) is 0 Å². The van der Waals surface area contributed by atoms with E-state index in [0.29, 0.717) is 16.5 Å². The van der Waals surface area contributed by atoms with Crippen molar-refractivity contribution in [3.05, 3.63) is 53.6 Å². The molecule has 0 atom stereocenters. The van der Waals surface area contributed by atoms with Crippen LogP contribution in [-0.2, 0) is 14.8 Å². The zero-order valence-corrected chi connectivity index (χ0v) is 16.3. The summed E-state index contributed by atoms with van der Waals surface area (Å²) < 4.78 is 32.6. The molecule has 0 fully saturated rings. The highest BCUT2D eigenvalue weighted by atomic mass is 35.5. The standard InChI is InChI=1S/C18H21ClN2O4S/c1-18(2,3)20-17(22)12-25-15-8-10-16(11-9-15)26(23,24)21-14-6-4-13(19)5-7-14/h4-11,21H,12H2,1-3H3,(H,20,22). The van der Waals surface area contributed by atoms with E-state index in [9.17, 15) is 13.2 Å². The average Bonchev–Trinajstić information content (AvgIpc) is 2.54. The third-order valence-electron chi connectivity index (χ3n) is 3.11. The largest absolute Gasteiger partial charge is 0.484 e. The summed E-state index contributed by atoms with van der Waals surface area (Å²) in [5.74, 6) is 0.151. The van der Waals surface area contributed by atoms with Gasteiger partial charge in [-0.2, -0.15) is 0 Å². The van der Waals surface area contributed by atoms with Gasteiger partial charge in [0.1, 0.15) is 5.75 Å². The molecule has 8 heteroatoms. The van der Waals surface area contributed by atoms with Crippen LogP contribution < -0.4 is 14.8 Å². The molecule has 2 N–H and O–H groups in total. The first-order valence-electron chi connectivity index (χ1n) is 7.87. The molecule has 0 aliphatic carbocycles. The molecule has 0 unspecified atom stereocenters. The molecule has 0 bridgehead atoms. The summed E-state index contributed by atoms with van der Waals surface area (Å²) >= 11 is 5.79. The Morgan fingerprint density at radius 2 is 1.62 bits per heavy atom. The molecule has 0 aliphatic rings. The van der Waals surface area contributed by atoms with Gasteiger partial charge in [0.15, 0.2) is 6.61 Å². The molecule has 2 rings (SSSR count). The Balaban J connectivity index is 1.99. The van der Waals surface area contributed by atoms with Gasteiger partial charge in [-0.3, -0.25) is 9.52 Å². The maximum absolute atomic E-state index is 12.4. The van der Waals surface area contributed by atoms with Gasteiger partial charge >= 0.3 is 0 Å². The van der Waals surface area contributed by atoms with Crippen LogP contribution in [0.1, 0.15) is 20.8 Å². The van der Waals surface area contributed by atoms with Gasteiger partial charge in [-0.25, -0.2) is 8.42 Å². The van der Waals surface area contributed by atoms with Gasteiger partial charge < -0.3 is 10.1 Å². The van der Waals surface area contributed by atoms with E-state index in [1.807, 2.05) is 20.8 Å². The molecular formula is C18H21ClN2O4S. The van der Waals surface area contributed by atoms with Crippen LogP contribution >= 0.6 is 11.6 Å². The van der Waals surface area contributed by atoms with Crippen LogP contribution in [0.15, 0.2) is 53.4 Å². The smallest absolute Gasteiger partial charge is 0.261 e. The van der Waals surface area contributed by atoms with Crippen molar-refractivity contribution in [3.8, 4) is 5.75 Å². The molecule has 6 nitrogen and oxygen atoms in total. The van der Waals surface area contributed by atoms with Gasteiger partial charge in [0, 0.05) is 16.2 Å². The fourth-order valence-electron chi connectivity index (χ4n) is 2.05. The molecule has 26 heavy (non-hydrogen) atoms. The van der Waals surface area contributed by atoms with Gasteiger partial charge in [-0.1, -0.05) is 11.6 Å². The SMILES string of the molecule is CC(C)(C)NC(=O)COc1ccc(S(=O)(=O)Nc2ccc(Cl)cc2)cc1. The molecule has 0 aliphatic heterocycles. The van der Waals surface area contributed by atoms with E-state index >= 15 is 0 Å². The Morgan fingerprint density at radius 1 is 1.04 bits per heavy atom. The summed E-state index contributed by atoms with van der Waals surface area (Å²) in [6, 6.07) is 12.2. The van der Waals surface area contributed by atoms with E-state index in [-0.39, 0.29) is 22.9 Å². The van der Waals surface area contributed by atoms with E-state index in [1.165, 1.54) is 24.3 Å². The molecule has 2 aromatic rings. The minimum atomic E-state index is -3.73. The van der Waals surface area contributed by atoms with Crippen LogP contribution in [0.3, 0.4) is 0 Å². The number of nitrogens with one attached hydrogen (secondary N) is 2. The summed E-state index contributed by atoms with van der Waals surface area (Å²) in [7, 11) is -3.73. The fraction of sp³-hybridized carbons (Fsp3) is 0.278. The zero-order valence-electron chi connectivity index (χ0n) is 14.7. The Bertz CT molecular complexity index is 858. The maximum Gasteiger partial charge on any atom is 0.261 e. The predicted octanol–water partition coefficient (Wildman–Crippen LogP) is 3.43. The van der Waals surface area contributed by atoms with Crippen LogP contribution in [-0.4, -0.2) is 26.5 Å². The fourth-order valence-corrected chi connectivity index (χ4v) is 3.23. The summed E-state index contributed by atoms with van der Waals surface area (Å²) in [4.78, 5) is 11.8. The number of anilines is 1. The first-order valence-corrected chi connectivity index (χ1v) is 9.73. The number of carbonyl (C=O) groups is 1. The minimum absolute atomic E-state index is 0.0824. The topological polar surface area (TPSA) is 84.5 Å². The molecule has 1 amide bonds. The van der Waals surface area contributed by atoms with Crippen molar-refractivity contribution in [1.82, 2.24) is 5.32 Å². The minimum Gasteiger partial charge on any atom is -0.484 e. The number of amides is 1. The number of hydrogen-bond acceptors (Lipinski definition) is 4. The lowest BCUT2D eigenvalue weighted by Gasteiger charge is -2.20. The molecule has 0 heterocycles. The van der Waals surface area contributed by atoms with Crippen molar-refractivity contribution >= 4 is 33.2 Å². The van der Waals surface area contributed by atoms with Crippen molar-refractivity contribution in [2.45, 2.75) is 31.2 Å². The average molecular weight is 397 g/mol. The quantitative estimate of drug-likeness (QED) is 0.783. The van der Waals surface area contributed by atoms with Crippen molar-refractivity contribution in [3.63, 3.8) is 0 Å². The Labute approximate surface area is 158 Å². The van der Waals surface area contributed by atoms with Gasteiger partial charge in [-0.15, -0.1) is 0 Å². The van der Waals surface area contributed by atoms with Crippen molar-refractivity contribution < 1.29 is 17.9 Å². The number of benzene rings is 2. The number of halogens is 1. The second kappa shape index (κ2) is 7.97. The third-order valence-corrected chi connectivity index (χ3v) is 4.76. The molecule has 0 spiro atoms. The molecule has 0 saturated heterocycles. The van der Waals surface area contributed by atoms with E-state index in [1.54, 1.807) is 24.3 Å². The van der Waals surface area contributed by atoms with E-state index in [4.69, 9.17) is 16.3 Å². The summed E-state index contributed by atoms with van der Waals surface area (Å²) in [5, 5.41) is 3.30. The normalized spacial score (nSPS) is 11.7. The number of ether oxygens (including phenoxy) is 1.